The molecule has 3 nitrogen and oxygen atoms in total. The molecule has 0 radical (unpaired) electrons. The molecule has 0 unspecified atom stereocenters. The first-order valence-electron chi connectivity index (χ1n) is 9.98. The lowest BCUT2D eigenvalue weighted by Gasteiger charge is -2.24. The van der Waals surface area contributed by atoms with Crippen LogP contribution in [0.4, 0.5) is 17.6 Å². The van der Waals surface area contributed by atoms with E-state index in [1.54, 1.807) is 6.07 Å². The predicted molar refractivity (Wildman–Crippen MR) is 114 cm³/mol. The lowest BCUT2D eigenvalue weighted by atomic mass is 9.80. The molecule has 1 heterocycles. The van der Waals surface area contributed by atoms with Crippen molar-refractivity contribution in [3.8, 4) is 17.3 Å². The van der Waals surface area contributed by atoms with Crippen LogP contribution in [0.1, 0.15) is 37.6 Å². The van der Waals surface area contributed by atoms with Gasteiger partial charge in [0, 0.05) is 5.10 Å². The number of benzene rings is 3. The number of aryl methyl sites for hydroxylation is 2. The van der Waals surface area contributed by atoms with Gasteiger partial charge in [-0.25, -0.2) is 17.6 Å². The van der Waals surface area contributed by atoms with Crippen molar-refractivity contribution in [2.45, 2.75) is 33.1 Å². The number of aromatic nitrogens is 2. The van der Waals surface area contributed by atoms with Crippen LogP contribution in [0.5, 0.6) is 0 Å². The Morgan fingerprint density at radius 2 is 1.47 bits per heavy atom. The van der Waals surface area contributed by atoms with E-state index >= 15 is 4.39 Å². The molecule has 0 atom stereocenters. The number of rotatable bonds is 1. The van der Waals surface area contributed by atoms with E-state index < -0.39 is 39.7 Å². The topological polar surface area (TPSA) is 40.6 Å². The van der Waals surface area contributed by atoms with Crippen molar-refractivity contribution in [2.24, 2.45) is 7.05 Å². The fourth-order valence-electron chi connectivity index (χ4n) is 4.26. The lowest BCUT2D eigenvalue weighted by Crippen LogP contribution is -2.37. The van der Waals surface area contributed by atoms with Crippen molar-refractivity contribution in [3.63, 3.8) is 0 Å². The van der Waals surface area contributed by atoms with E-state index in [2.05, 4.69) is 5.10 Å². The van der Waals surface area contributed by atoms with Crippen molar-refractivity contribution < 1.29 is 22.2 Å². The Labute approximate surface area is 182 Å². The second-order valence-electron chi connectivity index (χ2n) is 8.83. The molecule has 4 aromatic rings. The summed E-state index contributed by atoms with van der Waals surface area (Å²) in [5.41, 5.74) is 1.38. The van der Waals surface area contributed by atoms with Crippen molar-refractivity contribution >= 4 is 21.5 Å². The van der Waals surface area contributed by atoms with Crippen LogP contribution in [-0.4, -0.2) is 5.10 Å². The third-order valence-corrected chi connectivity index (χ3v) is 5.80. The molecule has 7 heteroatoms. The summed E-state index contributed by atoms with van der Waals surface area (Å²) in [7, 11) is 1.46. The van der Waals surface area contributed by atoms with Gasteiger partial charge in [0.2, 0.25) is 11.4 Å². The van der Waals surface area contributed by atoms with Gasteiger partial charge in [0.25, 0.3) is 0 Å². The van der Waals surface area contributed by atoms with Gasteiger partial charge in [-0.1, -0.05) is 49.7 Å². The monoisotopic (exact) mass is 438 g/mol. The standard InChI is InChI=1S/C25H20F4N3/c1-12-13-8-6-7-9-14(13)16(25(2,3)4)10-15(12)24-19-18(17(11-30)31-32(24)5)20(26)22(28)23(29)21(19)27/h6-10H,1-5H3/q+1. The highest BCUT2D eigenvalue weighted by molar-refractivity contribution is 6.01. The third kappa shape index (κ3) is 3.01. The first-order valence-corrected chi connectivity index (χ1v) is 9.98. The summed E-state index contributed by atoms with van der Waals surface area (Å²) in [5.74, 6) is -7.10. The van der Waals surface area contributed by atoms with E-state index in [1.165, 1.54) is 11.7 Å². The van der Waals surface area contributed by atoms with Gasteiger partial charge in [-0.2, -0.15) is 5.26 Å². The summed E-state index contributed by atoms with van der Waals surface area (Å²) in [6, 6.07) is 11.2. The van der Waals surface area contributed by atoms with E-state index in [4.69, 9.17) is 0 Å². The van der Waals surface area contributed by atoms with Crippen molar-refractivity contribution in [2.75, 3.05) is 0 Å². The molecule has 0 saturated heterocycles. The van der Waals surface area contributed by atoms with Crippen LogP contribution in [0.3, 0.4) is 0 Å². The molecule has 0 bridgehead atoms. The van der Waals surface area contributed by atoms with Gasteiger partial charge in [-0.3, -0.25) is 0 Å². The van der Waals surface area contributed by atoms with Crippen LogP contribution in [0.25, 0.3) is 32.8 Å². The predicted octanol–water partition coefficient (Wildman–Crippen LogP) is 5.91. The average Bonchev–Trinajstić information content (AvgIpc) is 2.75. The van der Waals surface area contributed by atoms with Crippen molar-refractivity contribution in [1.82, 2.24) is 5.10 Å². The van der Waals surface area contributed by atoms with E-state index in [0.717, 1.165) is 21.9 Å². The summed E-state index contributed by atoms with van der Waals surface area (Å²) in [6.07, 6.45) is 0. The molecule has 32 heavy (non-hydrogen) atoms. The fraction of sp³-hybridized carbons (Fsp3) is 0.240. The molecule has 0 aliphatic heterocycles. The molecule has 162 valence electrons. The van der Waals surface area contributed by atoms with E-state index in [1.807, 2.05) is 58.0 Å². The number of nitriles is 1. The van der Waals surface area contributed by atoms with Crippen LogP contribution >= 0.6 is 0 Å². The largest absolute Gasteiger partial charge is 0.250 e. The van der Waals surface area contributed by atoms with Gasteiger partial charge in [-0.15, -0.1) is 0 Å². The Hall–Kier alpha value is -3.53. The van der Waals surface area contributed by atoms with Crippen molar-refractivity contribution in [1.29, 1.82) is 5.26 Å². The molecular formula is C25H20F4N3+. The Kier molecular flexibility index (Phi) is 4.93. The van der Waals surface area contributed by atoms with Gasteiger partial charge in [0.15, 0.2) is 30.3 Å². The summed E-state index contributed by atoms with van der Waals surface area (Å²) < 4.78 is 59.4. The lowest BCUT2D eigenvalue weighted by molar-refractivity contribution is -0.719. The molecule has 3 aromatic carbocycles. The van der Waals surface area contributed by atoms with Crippen LogP contribution in [0.15, 0.2) is 30.3 Å². The molecule has 0 aliphatic rings. The Morgan fingerprint density at radius 3 is 2.03 bits per heavy atom. The molecule has 0 spiro atoms. The highest BCUT2D eigenvalue weighted by atomic mass is 19.2. The number of hydrogen-bond acceptors (Lipinski definition) is 2. The summed E-state index contributed by atoms with van der Waals surface area (Å²) in [4.78, 5) is 0. The normalized spacial score (nSPS) is 11.9. The molecule has 0 amide bonds. The van der Waals surface area contributed by atoms with E-state index in [-0.39, 0.29) is 11.1 Å². The first-order chi connectivity index (χ1) is 15.0. The minimum Gasteiger partial charge on any atom is -0.203 e. The SMILES string of the molecule is Cc1c(-c2c3c(F)c(F)c(F)c(F)c3c(C#N)n[n+]2C)cc(C(C)(C)C)c2ccccc12. The minimum absolute atomic E-state index is 0.0584. The summed E-state index contributed by atoms with van der Waals surface area (Å²) in [5, 5.41) is 14.1. The van der Waals surface area contributed by atoms with E-state index in [0.29, 0.717) is 5.56 Å². The van der Waals surface area contributed by atoms with Crippen molar-refractivity contribution in [3.05, 3.63) is 70.4 Å². The summed E-state index contributed by atoms with van der Waals surface area (Å²) >= 11 is 0. The Bertz CT molecular complexity index is 1480. The molecular weight excluding hydrogens is 418 g/mol. The number of fused-ring (bicyclic) bond motifs is 2. The van der Waals surface area contributed by atoms with Crippen LogP contribution < -0.4 is 4.68 Å². The number of hydrogen-bond donors (Lipinski definition) is 0. The van der Waals surface area contributed by atoms with Crippen LogP contribution in [-0.2, 0) is 12.5 Å². The fourth-order valence-corrected chi connectivity index (χ4v) is 4.26. The maximum absolute atomic E-state index is 15.1. The van der Waals surface area contributed by atoms with Gasteiger partial charge >= 0.3 is 0 Å². The smallest absolute Gasteiger partial charge is 0.203 e. The van der Waals surface area contributed by atoms with Gasteiger partial charge in [0.05, 0.1) is 10.9 Å². The maximum Gasteiger partial charge on any atom is 0.250 e. The molecule has 4 rings (SSSR count). The zero-order valence-electron chi connectivity index (χ0n) is 18.2. The molecule has 1 aromatic heterocycles. The number of halogens is 4. The van der Waals surface area contributed by atoms with Gasteiger partial charge in [0.1, 0.15) is 11.5 Å². The highest BCUT2D eigenvalue weighted by Gasteiger charge is 2.33. The molecule has 0 N–H and O–H groups in total. The van der Waals surface area contributed by atoms with Gasteiger partial charge < -0.3 is 0 Å². The zero-order chi connectivity index (χ0) is 23.5. The molecule has 0 fully saturated rings. The second-order valence-corrected chi connectivity index (χ2v) is 8.83. The molecule has 0 aliphatic carbocycles. The quantitative estimate of drug-likeness (QED) is 0.160. The molecule has 0 saturated carbocycles. The highest BCUT2D eigenvalue weighted by Crippen LogP contribution is 2.40. The minimum atomic E-state index is -1.97. The zero-order valence-corrected chi connectivity index (χ0v) is 18.2. The number of nitrogens with zero attached hydrogens (tertiary/aromatic N) is 3. The second kappa shape index (κ2) is 7.27. The maximum atomic E-state index is 15.1. The Balaban J connectivity index is 2.30. The van der Waals surface area contributed by atoms with Gasteiger partial charge in [-0.05, 0) is 40.3 Å². The van der Waals surface area contributed by atoms with Crippen LogP contribution in [0.2, 0.25) is 0 Å². The average molecular weight is 438 g/mol. The van der Waals surface area contributed by atoms with E-state index in [9.17, 15) is 18.4 Å². The van der Waals surface area contributed by atoms with Crippen LogP contribution in [0, 0.1) is 41.5 Å². The third-order valence-electron chi connectivity index (χ3n) is 5.80. The first kappa shape index (κ1) is 21.7. The Morgan fingerprint density at radius 1 is 0.906 bits per heavy atom. The summed E-state index contributed by atoms with van der Waals surface area (Å²) in [6.45, 7) is 7.90.